The molecule has 1 aromatic rings. The number of benzene rings is 1. The first-order valence-electron chi connectivity index (χ1n) is 8.45. The molecule has 5 nitrogen and oxygen atoms in total. The van der Waals surface area contributed by atoms with Crippen molar-refractivity contribution in [2.45, 2.75) is 25.6 Å². The Balaban J connectivity index is 0.00000225. The molecule has 0 amide bonds. The quantitative estimate of drug-likeness (QED) is 0.822. The van der Waals surface area contributed by atoms with E-state index in [1.54, 1.807) is 6.07 Å². The van der Waals surface area contributed by atoms with Gasteiger partial charge in [0.25, 0.3) is 0 Å². The van der Waals surface area contributed by atoms with Gasteiger partial charge >= 0.3 is 6.61 Å². The van der Waals surface area contributed by atoms with Crippen molar-refractivity contribution in [1.29, 1.82) is 0 Å². The van der Waals surface area contributed by atoms with Gasteiger partial charge in [-0.15, -0.1) is 12.4 Å². The molecular weight excluding hydrogens is 352 g/mol. The number of alkyl halides is 2. The smallest absolute Gasteiger partial charge is 0.387 e. The number of nitrogens with zero attached hydrogens (tertiary/aromatic N) is 2. The van der Waals surface area contributed by atoms with Crippen LogP contribution in [-0.2, 0) is 6.54 Å². The maximum absolute atomic E-state index is 12.7. The second-order valence-electron chi connectivity index (χ2n) is 6.29. The van der Waals surface area contributed by atoms with Crippen LogP contribution in [0.4, 0.5) is 8.78 Å². The molecule has 1 unspecified atom stereocenters. The van der Waals surface area contributed by atoms with E-state index in [2.05, 4.69) is 15.1 Å². The van der Waals surface area contributed by atoms with Gasteiger partial charge in [0.05, 0.1) is 7.11 Å². The first kappa shape index (κ1) is 20.2. The predicted molar refractivity (Wildman–Crippen MR) is 95.0 cm³/mol. The molecule has 0 aromatic heterocycles. The lowest BCUT2D eigenvalue weighted by molar-refractivity contribution is -0.0521. The highest BCUT2D eigenvalue weighted by Crippen LogP contribution is 2.34. The zero-order valence-electron chi connectivity index (χ0n) is 14.4. The molecule has 8 heteroatoms. The van der Waals surface area contributed by atoms with E-state index in [1.165, 1.54) is 7.11 Å². The van der Waals surface area contributed by atoms with E-state index in [0.29, 0.717) is 18.3 Å². The van der Waals surface area contributed by atoms with Crippen LogP contribution in [0, 0.1) is 0 Å². The summed E-state index contributed by atoms with van der Waals surface area (Å²) in [6.45, 7) is 3.92. The Bertz CT molecular complexity index is 545. The SMILES string of the molecule is COc1cccc(CN2CCC(N3CCNCC3)C2)c1OC(F)F.Cl. The molecule has 2 saturated heterocycles. The predicted octanol–water partition coefficient (Wildman–Crippen LogP) is 2.20. The van der Waals surface area contributed by atoms with Crippen LogP contribution in [0.5, 0.6) is 11.5 Å². The normalized spacial score (nSPS) is 22.0. The summed E-state index contributed by atoms with van der Waals surface area (Å²) in [7, 11) is 1.47. The molecule has 3 rings (SSSR count). The third-order valence-corrected chi connectivity index (χ3v) is 4.80. The number of nitrogens with one attached hydrogen (secondary N) is 1. The van der Waals surface area contributed by atoms with Gasteiger partial charge in [0, 0.05) is 57.4 Å². The molecule has 0 spiro atoms. The topological polar surface area (TPSA) is 37.0 Å². The van der Waals surface area contributed by atoms with Gasteiger partial charge in [-0.25, -0.2) is 0 Å². The summed E-state index contributed by atoms with van der Waals surface area (Å²) >= 11 is 0. The molecule has 142 valence electrons. The van der Waals surface area contributed by atoms with Gasteiger partial charge in [0.15, 0.2) is 11.5 Å². The first-order chi connectivity index (χ1) is 11.7. The summed E-state index contributed by atoms with van der Waals surface area (Å²) in [5, 5.41) is 3.37. The van der Waals surface area contributed by atoms with Crippen molar-refractivity contribution in [3.63, 3.8) is 0 Å². The van der Waals surface area contributed by atoms with Gasteiger partial charge in [-0.2, -0.15) is 8.78 Å². The Hall–Kier alpha value is -1.15. The van der Waals surface area contributed by atoms with Crippen LogP contribution in [-0.4, -0.2) is 68.8 Å². The van der Waals surface area contributed by atoms with Gasteiger partial charge in [0.2, 0.25) is 0 Å². The van der Waals surface area contributed by atoms with Crippen LogP contribution < -0.4 is 14.8 Å². The van der Waals surface area contributed by atoms with E-state index in [-0.39, 0.29) is 18.2 Å². The molecule has 0 saturated carbocycles. The minimum absolute atomic E-state index is 0. The fourth-order valence-corrected chi connectivity index (χ4v) is 3.61. The summed E-state index contributed by atoms with van der Waals surface area (Å²) in [5.74, 6) is 0.506. The zero-order chi connectivity index (χ0) is 16.9. The lowest BCUT2D eigenvalue weighted by Crippen LogP contribution is -2.49. The number of hydrogen-bond donors (Lipinski definition) is 1. The van der Waals surface area contributed by atoms with E-state index in [4.69, 9.17) is 9.47 Å². The molecule has 1 atom stereocenters. The second kappa shape index (κ2) is 9.52. The van der Waals surface area contributed by atoms with Crippen molar-refractivity contribution in [3.05, 3.63) is 23.8 Å². The molecule has 0 aliphatic carbocycles. The summed E-state index contributed by atoms with van der Waals surface area (Å²) in [6, 6.07) is 5.85. The van der Waals surface area contributed by atoms with E-state index in [0.717, 1.165) is 51.3 Å². The van der Waals surface area contributed by atoms with E-state index < -0.39 is 6.61 Å². The van der Waals surface area contributed by atoms with Gasteiger partial charge in [-0.1, -0.05) is 12.1 Å². The fourth-order valence-electron chi connectivity index (χ4n) is 3.61. The lowest BCUT2D eigenvalue weighted by atomic mass is 10.1. The van der Waals surface area contributed by atoms with Crippen LogP contribution in [0.25, 0.3) is 0 Å². The summed E-state index contributed by atoms with van der Waals surface area (Å²) < 4.78 is 35.4. The van der Waals surface area contributed by atoms with E-state index in [1.807, 2.05) is 12.1 Å². The third kappa shape index (κ3) is 5.17. The van der Waals surface area contributed by atoms with Gasteiger partial charge < -0.3 is 14.8 Å². The molecular formula is C17H26ClF2N3O2. The van der Waals surface area contributed by atoms with E-state index in [9.17, 15) is 8.78 Å². The van der Waals surface area contributed by atoms with Gasteiger partial charge in [0.1, 0.15) is 0 Å². The molecule has 25 heavy (non-hydrogen) atoms. The van der Waals surface area contributed by atoms with Crippen molar-refractivity contribution in [3.8, 4) is 11.5 Å². The van der Waals surface area contributed by atoms with Crippen LogP contribution in [0.3, 0.4) is 0 Å². The number of ether oxygens (including phenoxy) is 2. The Morgan fingerprint density at radius 3 is 2.68 bits per heavy atom. The molecule has 0 bridgehead atoms. The van der Waals surface area contributed by atoms with E-state index >= 15 is 0 Å². The molecule has 0 radical (unpaired) electrons. The largest absolute Gasteiger partial charge is 0.493 e. The summed E-state index contributed by atoms with van der Waals surface area (Å²) in [5.41, 5.74) is 0.746. The Labute approximate surface area is 153 Å². The highest BCUT2D eigenvalue weighted by atomic mass is 35.5. The molecule has 2 aliphatic heterocycles. The molecule has 2 heterocycles. The number of rotatable bonds is 6. The standard InChI is InChI=1S/C17H25F2N3O2.ClH/c1-23-15-4-2-3-13(16(15)24-17(18)19)11-21-8-5-14(12-21)22-9-6-20-7-10-22;/h2-4,14,17,20H,5-12H2,1H3;1H. The molecule has 1 aromatic carbocycles. The maximum Gasteiger partial charge on any atom is 0.387 e. The first-order valence-corrected chi connectivity index (χ1v) is 8.45. The van der Waals surface area contributed by atoms with Crippen molar-refractivity contribution in [1.82, 2.24) is 15.1 Å². The maximum atomic E-state index is 12.7. The van der Waals surface area contributed by atoms with Crippen LogP contribution in [0.2, 0.25) is 0 Å². The number of para-hydroxylation sites is 1. The Morgan fingerprint density at radius 1 is 1.24 bits per heavy atom. The monoisotopic (exact) mass is 377 g/mol. The van der Waals surface area contributed by atoms with Crippen molar-refractivity contribution < 1.29 is 18.3 Å². The average molecular weight is 378 g/mol. The van der Waals surface area contributed by atoms with Crippen molar-refractivity contribution in [2.75, 3.05) is 46.4 Å². The number of hydrogen-bond acceptors (Lipinski definition) is 5. The zero-order valence-corrected chi connectivity index (χ0v) is 15.2. The van der Waals surface area contributed by atoms with Gasteiger partial charge in [-0.05, 0) is 12.5 Å². The number of piperazine rings is 1. The number of halogens is 3. The lowest BCUT2D eigenvalue weighted by Gasteiger charge is -2.32. The minimum Gasteiger partial charge on any atom is -0.493 e. The highest BCUT2D eigenvalue weighted by molar-refractivity contribution is 5.85. The summed E-state index contributed by atoms with van der Waals surface area (Å²) in [4.78, 5) is 4.83. The highest BCUT2D eigenvalue weighted by Gasteiger charge is 2.29. The van der Waals surface area contributed by atoms with Crippen LogP contribution in [0.15, 0.2) is 18.2 Å². The molecule has 2 fully saturated rings. The van der Waals surface area contributed by atoms with Crippen molar-refractivity contribution in [2.24, 2.45) is 0 Å². The van der Waals surface area contributed by atoms with Crippen molar-refractivity contribution >= 4 is 12.4 Å². The molecule has 2 aliphatic rings. The van der Waals surface area contributed by atoms with Crippen LogP contribution >= 0.6 is 12.4 Å². The van der Waals surface area contributed by atoms with Crippen LogP contribution in [0.1, 0.15) is 12.0 Å². The Morgan fingerprint density at radius 2 is 2.00 bits per heavy atom. The third-order valence-electron chi connectivity index (χ3n) is 4.80. The number of likely N-dealkylation sites (tertiary alicyclic amines) is 1. The molecule has 1 N–H and O–H groups in total. The Kier molecular flexibility index (Phi) is 7.68. The average Bonchev–Trinajstić information content (AvgIpc) is 3.05. The number of methoxy groups -OCH3 is 1. The summed E-state index contributed by atoms with van der Waals surface area (Å²) in [6.07, 6.45) is 1.12. The minimum atomic E-state index is -2.85. The second-order valence-corrected chi connectivity index (χ2v) is 6.29. The van der Waals surface area contributed by atoms with Gasteiger partial charge in [-0.3, -0.25) is 9.80 Å². The fraction of sp³-hybridized carbons (Fsp3) is 0.647.